The molecular weight excluding hydrogens is 332 g/mol. The molecule has 0 radical (unpaired) electrons. The van der Waals surface area contributed by atoms with Crippen LogP contribution in [-0.4, -0.2) is 27.0 Å². The van der Waals surface area contributed by atoms with E-state index in [4.69, 9.17) is 4.74 Å². The van der Waals surface area contributed by atoms with Gasteiger partial charge in [-0.3, -0.25) is 10.1 Å². The van der Waals surface area contributed by atoms with Gasteiger partial charge in [-0.1, -0.05) is 30.3 Å². The molecule has 128 valence electrons. The number of aryl methyl sites for hydroxylation is 1. The van der Waals surface area contributed by atoms with Crippen molar-refractivity contribution < 1.29 is 18.1 Å². The van der Waals surface area contributed by atoms with Crippen LogP contribution in [0.3, 0.4) is 0 Å². The molecule has 0 aliphatic carbocycles. The van der Waals surface area contributed by atoms with Gasteiger partial charge >= 0.3 is 0 Å². The number of nitro groups is 1. The molecule has 8 heteroatoms. The van der Waals surface area contributed by atoms with Crippen molar-refractivity contribution >= 4 is 15.7 Å². The maximum Gasteiger partial charge on any atom is 0.270 e. The molecular formula is C16H18N2O5S. The van der Waals surface area contributed by atoms with Gasteiger partial charge in [-0.2, -0.15) is 0 Å². The summed E-state index contributed by atoms with van der Waals surface area (Å²) in [5, 5.41) is 10.8. The predicted molar refractivity (Wildman–Crippen MR) is 89.2 cm³/mol. The third-order valence-electron chi connectivity index (χ3n) is 3.62. The van der Waals surface area contributed by atoms with Gasteiger partial charge in [-0.05, 0) is 24.1 Å². The fraction of sp³-hybridized carbons (Fsp3) is 0.250. The van der Waals surface area contributed by atoms with E-state index in [0.29, 0.717) is 0 Å². The third kappa shape index (κ3) is 4.16. The number of benzene rings is 2. The second kappa shape index (κ2) is 7.52. The van der Waals surface area contributed by atoms with Gasteiger partial charge in [-0.25, -0.2) is 13.1 Å². The first-order chi connectivity index (χ1) is 11.3. The topological polar surface area (TPSA) is 98.5 Å². The monoisotopic (exact) mass is 350 g/mol. The van der Waals surface area contributed by atoms with E-state index in [1.54, 1.807) is 0 Å². The van der Waals surface area contributed by atoms with Crippen molar-refractivity contribution in [2.24, 2.45) is 0 Å². The average Bonchev–Trinajstić information content (AvgIpc) is 2.57. The van der Waals surface area contributed by atoms with Crippen molar-refractivity contribution in [3.8, 4) is 0 Å². The Morgan fingerprint density at radius 2 is 1.92 bits per heavy atom. The Bertz CT molecular complexity index is 836. The number of non-ortho nitro benzene ring substituents is 1. The van der Waals surface area contributed by atoms with Crippen molar-refractivity contribution in [2.75, 3.05) is 13.7 Å². The van der Waals surface area contributed by atoms with Gasteiger partial charge in [-0.15, -0.1) is 0 Å². The number of hydrogen-bond acceptors (Lipinski definition) is 5. The molecule has 0 saturated carbocycles. The molecule has 0 amide bonds. The highest BCUT2D eigenvalue weighted by Gasteiger charge is 2.20. The summed E-state index contributed by atoms with van der Waals surface area (Å²) in [5.74, 6) is 0. The van der Waals surface area contributed by atoms with E-state index >= 15 is 0 Å². The first-order valence-corrected chi connectivity index (χ1v) is 8.66. The first kappa shape index (κ1) is 18.1. The Morgan fingerprint density at radius 3 is 2.54 bits per heavy atom. The summed E-state index contributed by atoms with van der Waals surface area (Å²) in [6.45, 7) is 1.93. The molecule has 2 aromatic rings. The molecule has 2 rings (SSSR count). The summed E-state index contributed by atoms with van der Waals surface area (Å²) in [6.07, 6.45) is -0.459. The highest BCUT2D eigenvalue weighted by molar-refractivity contribution is 7.89. The maximum atomic E-state index is 12.4. The lowest BCUT2D eigenvalue weighted by molar-refractivity contribution is -0.385. The van der Waals surface area contributed by atoms with Crippen LogP contribution in [0.25, 0.3) is 0 Å². The second-order valence-electron chi connectivity index (χ2n) is 5.19. The minimum atomic E-state index is -3.88. The van der Waals surface area contributed by atoms with Crippen LogP contribution in [0, 0.1) is 17.0 Å². The van der Waals surface area contributed by atoms with E-state index < -0.39 is 21.1 Å². The lowest BCUT2D eigenvalue weighted by Gasteiger charge is -2.18. The number of nitro benzene ring substituents is 1. The second-order valence-corrected chi connectivity index (χ2v) is 6.95. The van der Waals surface area contributed by atoms with Gasteiger partial charge in [0.2, 0.25) is 10.0 Å². The van der Waals surface area contributed by atoms with Crippen LogP contribution in [0.15, 0.2) is 53.4 Å². The van der Waals surface area contributed by atoms with Crippen LogP contribution in [0.2, 0.25) is 0 Å². The molecule has 7 nitrogen and oxygen atoms in total. The lowest BCUT2D eigenvalue weighted by atomic mass is 10.0. The number of sulfonamides is 1. The number of methoxy groups -OCH3 is 1. The Balaban J connectivity index is 2.19. The van der Waals surface area contributed by atoms with Gasteiger partial charge in [0, 0.05) is 25.8 Å². The SMILES string of the molecule is COC(CNS(=O)(=O)c1cccc([N+](=O)[O-])c1)c1ccccc1C. The summed E-state index contributed by atoms with van der Waals surface area (Å²) in [7, 11) is -2.38. The average molecular weight is 350 g/mol. The molecule has 0 bridgehead atoms. The summed E-state index contributed by atoms with van der Waals surface area (Å²) in [4.78, 5) is 9.99. The van der Waals surface area contributed by atoms with E-state index in [1.807, 2.05) is 31.2 Å². The van der Waals surface area contributed by atoms with E-state index in [1.165, 1.54) is 25.3 Å². The number of ether oxygens (including phenoxy) is 1. The first-order valence-electron chi connectivity index (χ1n) is 7.17. The van der Waals surface area contributed by atoms with Crippen LogP contribution in [0.4, 0.5) is 5.69 Å². The number of nitrogens with one attached hydrogen (secondary N) is 1. The van der Waals surface area contributed by atoms with Crippen LogP contribution >= 0.6 is 0 Å². The van der Waals surface area contributed by atoms with Crippen molar-refractivity contribution in [1.82, 2.24) is 4.72 Å². The lowest BCUT2D eigenvalue weighted by Crippen LogP contribution is -2.29. The Kier molecular flexibility index (Phi) is 5.66. The summed E-state index contributed by atoms with van der Waals surface area (Å²) in [5.41, 5.74) is 1.58. The molecule has 0 aliphatic rings. The van der Waals surface area contributed by atoms with Gasteiger partial charge in [0.1, 0.15) is 0 Å². The molecule has 0 aliphatic heterocycles. The fourth-order valence-electron chi connectivity index (χ4n) is 2.30. The van der Waals surface area contributed by atoms with Crippen molar-refractivity contribution in [1.29, 1.82) is 0 Å². The zero-order valence-corrected chi connectivity index (χ0v) is 14.1. The summed E-state index contributed by atoms with van der Waals surface area (Å²) >= 11 is 0. The molecule has 0 heterocycles. The van der Waals surface area contributed by atoms with Crippen molar-refractivity contribution in [3.63, 3.8) is 0 Å². The molecule has 0 saturated heterocycles. The largest absolute Gasteiger partial charge is 0.375 e. The highest BCUT2D eigenvalue weighted by Crippen LogP contribution is 2.21. The van der Waals surface area contributed by atoms with Crippen molar-refractivity contribution in [3.05, 3.63) is 69.8 Å². The number of hydrogen-bond donors (Lipinski definition) is 1. The fourth-order valence-corrected chi connectivity index (χ4v) is 3.37. The predicted octanol–water partition coefficient (Wildman–Crippen LogP) is 2.57. The Labute approximate surface area is 140 Å². The van der Waals surface area contributed by atoms with Crippen LogP contribution < -0.4 is 4.72 Å². The maximum absolute atomic E-state index is 12.4. The van der Waals surface area contributed by atoms with Gasteiger partial charge < -0.3 is 4.74 Å². The minimum Gasteiger partial charge on any atom is -0.375 e. The smallest absolute Gasteiger partial charge is 0.270 e. The van der Waals surface area contributed by atoms with Gasteiger partial charge in [0.15, 0.2) is 0 Å². The quantitative estimate of drug-likeness (QED) is 0.611. The summed E-state index contributed by atoms with van der Waals surface area (Å²) < 4.78 is 32.5. The molecule has 1 N–H and O–H groups in total. The molecule has 0 fully saturated rings. The molecule has 24 heavy (non-hydrogen) atoms. The van der Waals surface area contributed by atoms with Gasteiger partial charge in [0.05, 0.1) is 15.9 Å². The molecule has 0 spiro atoms. The third-order valence-corrected chi connectivity index (χ3v) is 5.04. The normalized spacial score (nSPS) is 12.8. The van der Waals surface area contributed by atoms with Crippen LogP contribution in [-0.2, 0) is 14.8 Å². The number of rotatable bonds is 7. The summed E-state index contributed by atoms with van der Waals surface area (Å²) in [6, 6.07) is 12.4. The van der Waals surface area contributed by atoms with E-state index in [9.17, 15) is 18.5 Å². The van der Waals surface area contributed by atoms with Crippen molar-refractivity contribution in [2.45, 2.75) is 17.9 Å². The highest BCUT2D eigenvalue weighted by atomic mass is 32.2. The van der Waals surface area contributed by atoms with Crippen LogP contribution in [0.1, 0.15) is 17.2 Å². The van der Waals surface area contributed by atoms with E-state index in [2.05, 4.69) is 4.72 Å². The standard InChI is InChI=1S/C16H18N2O5S/c1-12-6-3-4-9-15(12)16(23-2)11-17-24(21,22)14-8-5-7-13(10-14)18(19)20/h3-10,16-17H,11H2,1-2H3. The minimum absolute atomic E-state index is 0.0202. The molecule has 0 aromatic heterocycles. The molecule has 2 aromatic carbocycles. The Morgan fingerprint density at radius 1 is 1.21 bits per heavy atom. The van der Waals surface area contributed by atoms with E-state index in [-0.39, 0.29) is 17.1 Å². The zero-order chi connectivity index (χ0) is 17.7. The van der Waals surface area contributed by atoms with Gasteiger partial charge in [0.25, 0.3) is 5.69 Å². The molecule has 1 unspecified atom stereocenters. The van der Waals surface area contributed by atoms with Crippen LogP contribution in [0.5, 0.6) is 0 Å². The Hall–Kier alpha value is -2.29. The van der Waals surface area contributed by atoms with E-state index in [0.717, 1.165) is 17.2 Å². The number of nitrogens with zero attached hydrogens (tertiary/aromatic N) is 1. The molecule has 1 atom stereocenters. The zero-order valence-electron chi connectivity index (χ0n) is 13.3.